The van der Waals surface area contributed by atoms with Crippen LogP contribution in [-0.2, 0) is 0 Å². The highest BCUT2D eigenvalue weighted by Gasteiger charge is 2.03. The third kappa shape index (κ3) is 1.69. The molecule has 0 radical (unpaired) electrons. The van der Waals surface area contributed by atoms with Crippen molar-refractivity contribution in [3.05, 3.63) is 47.7 Å². The second kappa shape index (κ2) is 4.10. The summed E-state index contributed by atoms with van der Waals surface area (Å²) in [7, 11) is 0. The molecule has 1 N–H and O–H groups in total. The minimum Gasteiger partial charge on any atom is -0.361 e. The van der Waals surface area contributed by atoms with E-state index in [1.165, 1.54) is 0 Å². The van der Waals surface area contributed by atoms with E-state index < -0.39 is 0 Å². The zero-order chi connectivity index (χ0) is 12.5. The van der Waals surface area contributed by atoms with Gasteiger partial charge in [-0.3, -0.25) is 0 Å². The maximum Gasteiger partial charge on any atom is 0.151 e. The summed E-state index contributed by atoms with van der Waals surface area (Å²) in [4.78, 5) is 3.22. The van der Waals surface area contributed by atoms with Gasteiger partial charge in [0.25, 0.3) is 0 Å². The molecule has 0 aliphatic carbocycles. The van der Waals surface area contributed by atoms with Crippen LogP contribution in [0.25, 0.3) is 10.9 Å². The number of nitrogens with one attached hydrogen (secondary N) is 1. The summed E-state index contributed by atoms with van der Waals surface area (Å²) in [5.74, 6) is 1.56. The maximum absolute atomic E-state index is 4.40. The summed E-state index contributed by atoms with van der Waals surface area (Å²) in [6, 6.07) is 8.14. The van der Waals surface area contributed by atoms with Crippen LogP contribution < -0.4 is 0 Å². The van der Waals surface area contributed by atoms with Gasteiger partial charge in [-0.15, -0.1) is 10.2 Å². The molecule has 90 valence electrons. The Labute approximate surface area is 104 Å². The summed E-state index contributed by atoms with van der Waals surface area (Å²) in [6.45, 7) is 3.76. The average Bonchev–Trinajstić information content (AvgIpc) is 2.93. The molecule has 0 saturated carbocycles. The Morgan fingerprint density at radius 3 is 2.67 bits per heavy atom. The second-order valence-electron chi connectivity index (χ2n) is 4.14. The Bertz CT molecular complexity index is 700. The fraction of sp³-hybridized carbons (Fsp3) is 0.154. The Morgan fingerprint density at radius 2 is 1.89 bits per heavy atom. The molecule has 0 unspecified atom stereocenters. The third-order valence-corrected chi connectivity index (χ3v) is 2.89. The quantitative estimate of drug-likeness (QED) is 0.697. The number of para-hydroxylation sites is 1. The van der Waals surface area contributed by atoms with Gasteiger partial charge >= 0.3 is 0 Å². The standard InChI is InChI=1S/C13H13N5/c1-9-16-17-10(2)18(9)15-8-11-7-14-13-6-4-3-5-12(11)13/h3-8,14H,1-2H3. The van der Waals surface area contributed by atoms with E-state index >= 15 is 0 Å². The fourth-order valence-electron chi connectivity index (χ4n) is 1.95. The number of aromatic nitrogens is 4. The molecule has 5 nitrogen and oxygen atoms in total. The van der Waals surface area contributed by atoms with E-state index in [0.717, 1.165) is 28.1 Å². The van der Waals surface area contributed by atoms with Crippen LogP contribution in [-0.4, -0.2) is 26.1 Å². The molecule has 0 saturated heterocycles. The van der Waals surface area contributed by atoms with Crippen molar-refractivity contribution in [1.29, 1.82) is 0 Å². The first-order valence-corrected chi connectivity index (χ1v) is 5.75. The zero-order valence-electron chi connectivity index (χ0n) is 10.3. The highest BCUT2D eigenvalue weighted by Crippen LogP contribution is 2.15. The van der Waals surface area contributed by atoms with Gasteiger partial charge in [0.05, 0.1) is 6.21 Å². The Balaban J connectivity index is 2.02. The van der Waals surface area contributed by atoms with Crippen LogP contribution in [0.15, 0.2) is 35.6 Å². The van der Waals surface area contributed by atoms with Gasteiger partial charge in [0.15, 0.2) is 11.6 Å². The van der Waals surface area contributed by atoms with E-state index in [2.05, 4.69) is 26.3 Å². The molecule has 0 spiro atoms. The summed E-state index contributed by atoms with van der Waals surface area (Å²) in [5.41, 5.74) is 2.16. The van der Waals surface area contributed by atoms with Crippen molar-refractivity contribution in [2.24, 2.45) is 5.10 Å². The van der Waals surface area contributed by atoms with Crippen molar-refractivity contribution >= 4 is 17.1 Å². The maximum atomic E-state index is 4.40. The molecule has 0 amide bonds. The first-order valence-electron chi connectivity index (χ1n) is 5.75. The smallest absolute Gasteiger partial charge is 0.151 e. The third-order valence-electron chi connectivity index (χ3n) is 2.89. The van der Waals surface area contributed by atoms with E-state index in [1.54, 1.807) is 4.68 Å². The summed E-state index contributed by atoms with van der Waals surface area (Å²) in [6.07, 6.45) is 3.77. The van der Waals surface area contributed by atoms with E-state index in [4.69, 9.17) is 0 Å². The largest absolute Gasteiger partial charge is 0.361 e. The number of nitrogens with zero attached hydrogens (tertiary/aromatic N) is 4. The van der Waals surface area contributed by atoms with Gasteiger partial charge in [0.1, 0.15) is 0 Å². The fourth-order valence-corrected chi connectivity index (χ4v) is 1.95. The molecule has 0 bridgehead atoms. The first-order chi connectivity index (χ1) is 8.75. The van der Waals surface area contributed by atoms with Gasteiger partial charge in [-0.25, -0.2) is 4.68 Å². The number of hydrogen-bond donors (Lipinski definition) is 1. The molecule has 3 rings (SSSR count). The van der Waals surface area contributed by atoms with Crippen LogP contribution in [0.3, 0.4) is 0 Å². The van der Waals surface area contributed by atoms with Gasteiger partial charge in [-0.1, -0.05) is 18.2 Å². The minimum absolute atomic E-state index is 0.781. The van der Waals surface area contributed by atoms with Crippen molar-refractivity contribution in [3.63, 3.8) is 0 Å². The monoisotopic (exact) mass is 239 g/mol. The molecule has 1 aromatic carbocycles. The van der Waals surface area contributed by atoms with Crippen molar-refractivity contribution in [2.75, 3.05) is 0 Å². The number of aromatic amines is 1. The lowest BCUT2D eigenvalue weighted by atomic mass is 10.2. The number of fused-ring (bicyclic) bond motifs is 1. The summed E-state index contributed by atoms with van der Waals surface area (Å²) >= 11 is 0. The van der Waals surface area contributed by atoms with Crippen molar-refractivity contribution in [2.45, 2.75) is 13.8 Å². The van der Waals surface area contributed by atoms with Crippen LogP contribution in [0.4, 0.5) is 0 Å². The molecule has 18 heavy (non-hydrogen) atoms. The number of aryl methyl sites for hydroxylation is 2. The van der Waals surface area contributed by atoms with Crippen molar-refractivity contribution in [3.8, 4) is 0 Å². The van der Waals surface area contributed by atoms with Crippen molar-refractivity contribution < 1.29 is 0 Å². The lowest BCUT2D eigenvalue weighted by Gasteiger charge is -1.96. The molecule has 0 aliphatic heterocycles. The Kier molecular flexibility index (Phi) is 2.44. The van der Waals surface area contributed by atoms with Crippen LogP contribution in [0.1, 0.15) is 17.2 Å². The van der Waals surface area contributed by atoms with Gasteiger partial charge in [0, 0.05) is 22.7 Å². The molecule has 5 heteroatoms. The number of H-pyrrole nitrogens is 1. The van der Waals surface area contributed by atoms with Gasteiger partial charge in [0.2, 0.25) is 0 Å². The van der Waals surface area contributed by atoms with E-state index in [-0.39, 0.29) is 0 Å². The molecule has 0 aliphatic rings. The first kappa shape index (κ1) is 10.7. The number of rotatable bonds is 2. The molecular formula is C13H13N5. The number of hydrogen-bond acceptors (Lipinski definition) is 3. The van der Waals surface area contributed by atoms with E-state index in [9.17, 15) is 0 Å². The van der Waals surface area contributed by atoms with Crippen LogP contribution in [0.2, 0.25) is 0 Å². The predicted molar refractivity (Wildman–Crippen MR) is 70.8 cm³/mol. The number of benzene rings is 1. The lowest BCUT2D eigenvalue weighted by molar-refractivity contribution is 0.799. The zero-order valence-corrected chi connectivity index (χ0v) is 10.3. The average molecular weight is 239 g/mol. The molecule has 2 aromatic heterocycles. The second-order valence-corrected chi connectivity index (χ2v) is 4.14. The van der Waals surface area contributed by atoms with Crippen LogP contribution in [0, 0.1) is 13.8 Å². The summed E-state index contributed by atoms with van der Waals surface area (Å²) in [5, 5.41) is 13.5. The molecular weight excluding hydrogens is 226 g/mol. The van der Waals surface area contributed by atoms with E-state index in [0.29, 0.717) is 0 Å². The van der Waals surface area contributed by atoms with E-state index in [1.807, 2.05) is 44.5 Å². The Hall–Kier alpha value is -2.43. The lowest BCUT2D eigenvalue weighted by Crippen LogP contribution is -1.95. The Morgan fingerprint density at radius 1 is 1.17 bits per heavy atom. The highest BCUT2D eigenvalue weighted by molar-refractivity contribution is 5.98. The topological polar surface area (TPSA) is 58.9 Å². The van der Waals surface area contributed by atoms with Crippen LogP contribution in [0.5, 0.6) is 0 Å². The van der Waals surface area contributed by atoms with Gasteiger partial charge in [-0.2, -0.15) is 5.10 Å². The van der Waals surface area contributed by atoms with Crippen LogP contribution >= 0.6 is 0 Å². The molecule has 0 atom stereocenters. The summed E-state index contributed by atoms with van der Waals surface area (Å²) < 4.78 is 1.72. The van der Waals surface area contributed by atoms with Gasteiger partial charge in [-0.05, 0) is 19.9 Å². The SMILES string of the molecule is Cc1nnc(C)n1N=Cc1c[nH]c2ccccc12. The molecule has 3 aromatic rings. The molecule has 0 fully saturated rings. The minimum atomic E-state index is 0.781. The molecule has 2 heterocycles. The normalized spacial score (nSPS) is 11.7. The van der Waals surface area contributed by atoms with Crippen molar-refractivity contribution in [1.82, 2.24) is 19.9 Å². The highest BCUT2D eigenvalue weighted by atomic mass is 15.4. The van der Waals surface area contributed by atoms with Gasteiger partial charge < -0.3 is 4.98 Å². The predicted octanol–water partition coefficient (Wildman–Crippen LogP) is 2.26.